The van der Waals surface area contributed by atoms with Crippen LogP contribution in [-0.2, 0) is 4.79 Å². The number of hydrogen-bond acceptors (Lipinski definition) is 4. The van der Waals surface area contributed by atoms with Crippen molar-refractivity contribution < 1.29 is 24.9 Å². The molecule has 0 unspecified atom stereocenters. The van der Waals surface area contributed by atoms with Gasteiger partial charge in [0.15, 0.2) is 0 Å². The van der Waals surface area contributed by atoms with Crippen LogP contribution >= 0.6 is 0 Å². The third kappa shape index (κ3) is 2220000000. The van der Waals surface area contributed by atoms with E-state index in [0.29, 0.717) is 0 Å². The van der Waals surface area contributed by atoms with Gasteiger partial charge in [-0.15, -0.1) is 0 Å². The molecule has 0 aliphatic rings. The molecule has 6 heteroatoms. The molecule has 0 bridgehead atoms. The summed E-state index contributed by atoms with van der Waals surface area (Å²) in [7, 11) is 0. The largest absolute Gasteiger partial charge is 2.00 e. The quantitative estimate of drug-likeness (QED) is 0.287. The molecule has 0 spiro atoms. The smallest absolute Gasteiger partial charge is 0.652 e. The molecule has 0 aliphatic heterocycles. The van der Waals surface area contributed by atoms with Crippen LogP contribution in [0.1, 0.15) is 0 Å². The van der Waals surface area contributed by atoms with Crippen molar-refractivity contribution in [3.63, 3.8) is 0 Å². The molecule has 0 fully saturated rings. The Hall–Kier alpha value is -0.000260. The van der Waals surface area contributed by atoms with E-state index < -0.39 is 6.16 Å². The maximum atomic E-state index is 8.36. The van der Waals surface area contributed by atoms with Gasteiger partial charge < -0.3 is 20.1 Å². The van der Waals surface area contributed by atoms with E-state index in [1.54, 1.807) is 0 Å². The summed E-state index contributed by atoms with van der Waals surface area (Å²) >= 11 is 0. The molecule has 0 aromatic heterocycles. The maximum Gasteiger partial charge on any atom is 2.00 e. The first-order chi connectivity index (χ1) is 3.15. The fourth-order valence-corrected chi connectivity index (χ4v) is 0. The minimum absolute atomic E-state index is 0. The summed E-state index contributed by atoms with van der Waals surface area (Å²) < 4.78 is 0. The zero-order chi connectivity index (χ0) is 6.28. The number of carboxylic acid groups (broad SMARTS) is 3. The normalized spacial score (nSPS) is 4.50. The van der Waals surface area contributed by atoms with Crippen molar-refractivity contribution in [3.8, 4) is 0 Å². The Bertz CT molecular complexity index is 57.4. The molecule has 42 valence electrons. The first-order valence-electron chi connectivity index (χ1n) is 1.11. The summed E-state index contributed by atoms with van der Waals surface area (Å²) in [4.78, 5) is 16.7. The second-order valence-corrected chi connectivity index (χ2v) is 0.355. The van der Waals surface area contributed by atoms with Crippen molar-refractivity contribution in [2.24, 2.45) is 0 Å². The van der Waals surface area contributed by atoms with Crippen LogP contribution in [0.5, 0.6) is 0 Å². The summed E-state index contributed by atoms with van der Waals surface area (Å²) in [5, 5.41) is 23.6. The van der Waals surface area contributed by atoms with Gasteiger partial charge in [0.2, 0.25) is 0 Å². The zero-order valence-electron chi connectivity index (χ0n) is 3.86. The molecular weight excluding hydrogens is 144 g/mol. The minimum Gasteiger partial charge on any atom is -0.652 e. The van der Waals surface area contributed by atoms with Gasteiger partial charge in [0.1, 0.15) is 0 Å². The van der Waals surface area contributed by atoms with E-state index in [1.807, 2.05) is 0 Å². The van der Waals surface area contributed by atoms with Gasteiger partial charge in [-0.3, -0.25) is 4.79 Å². The average Bonchev–Trinajstić information content (AvgIpc) is 1.33. The third-order valence-electron chi connectivity index (χ3n) is 0. The second-order valence-electron chi connectivity index (χ2n) is 0.355. The fourth-order valence-electron chi connectivity index (χ4n) is 0. The molecule has 0 amide bonds. The molecule has 0 atom stereocenters. The zero-order valence-corrected chi connectivity index (χ0v) is 6.07. The van der Waals surface area contributed by atoms with Gasteiger partial charge in [0.25, 0.3) is 6.47 Å². The fraction of sp³-hybridized carbons (Fsp3) is 0. The van der Waals surface area contributed by atoms with Crippen LogP contribution in [0.3, 0.4) is 0 Å². The van der Waals surface area contributed by atoms with E-state index in [1.165, 1.54) is 0 Å². The Morgan fingerprint density at radius 3 is 1.50 bits per heavy atom. The Morgan fingerprint density at radius 1 is 1.50 bits per heavy atom. The van der Waals surface area contributed by atoms with E-state index in [2.05, 4.69) is 0 Å². The number of carbonyl (C=O) groups excluding carboxylic acids is 1. The predicted octanol–water partition coefficient (Wildman–Crippen LogP) is -3.13. The van der Waals surface area contributed by atoms with Gasteiger partial charge >= 0.3 is 37.7 Å². The number of hydrogen-bond donors (Lipinski definition) is 1. The molecule has 0 saturated heterocycles. The predicted molar refractivity (Wildman–Crippen MR) is 19.8 cm³/mol. The molecule has 0 heterocycles. The van der Waals surface area contributed by atoms with Gasteiger partial charge in [0.05, 0.1) is 0 Å². The first-order valence-corrected chi connectivity index (χ1v) is 1.11. The first kappa shape index (κ1) is 15.7. The summed E-state index contributed by atoms with van der Waals surface area (Å²) in [5.74, 6) is 0. The average molecular weight is 146 g/mol. The van der Waals surface area contributed by atoms with Crippen LogP contribution in [0.25, 0.3) is 0 Å². The van der Waals surface area contributed by atoms with Crippen molar-refractivity contribution in [1.29, 1.82) is 0 Å². The molecule has 8 heavy (non-hydrogen) atoms. The molecule has 0 aliphatic carbocycles. The van der Waals surface area contributed by atoms with Crippen molar-refractivity contribution in [2.45, 2.75) is 0 Å². The van der Waals surface area contributed by atoms with Crippen molar-refractivity contribution in [2.75, 3.05) is 0 Å². The van der Waals surface area contributed by atoms with E-state index in [-0.39, 0.29) is 44.2 Å². The van der Waals surface area contributed by atoms with Crippen molar-refractivity contribution >= 4 is 50.4 Å². The number of carbonyl (C=O) groups is 2. The van der Waals surface area contributed by atoms with Gasteiger partial charge in [-0.1, -0.05) is 0 Å². The van der Waals surface area contributed by atoms with Crippen molar-refractivity contribution in [1.82, 2.24) is 0 Å². The standard InChI is InChI=1S/CH2O3.CH2O2.Ca/c2-1(3)4;2-1-3;/h(H2,2,3,4);1H,(H,2,3);/q;;+2/p-2. The molecule has 0 saturated carbocycles. The van der Waals surface area contributed by atoms with Gasteiger partial charge in [0, 0.05) is 0 Å². The van der Waals surface area contributed by atoms with Gasteiger partial charge in [-0.25, -0.2) is 0 Å². The monoisotopic (exact) mass is 146 g/mol. The summed E-state index contributed by atoms with van der Waals surface area (Å²) in [6.07, 6.45) is -2.33. The minimum atomic E-state index is -2.33. The molecule has 5 nitrogen and oxygen atoms in total. The Morgan fingerprint density at radius 2 is 1.50 bits per heavy atom. The van der Waals surface area contributed by atoms with Gasteiger partial charge in [-0.05, 0) is 6.16 Å². The van der Waals surface area contributed by atoms with E-state index in [4.69, 9.17) is 24.9 Å². The van der Waals surface area contributed by atoms with Crippen LogP contribution < -0.4 is 10.2 Å². The molecule has 0 aromatic rings. The summed E-state index contributed by atoms with van der Waals surface area (Å²) in [5.41, 5.74) is 0. The molecule has 0 radical (unpaired) electrons. The molecule has 1 N–H and O–H groups in total. The molecule has 0 rings (SSSR count). The topological polar surface area (TPSA) is 100 Å². The van der Waals surface area contributed by atoms with Crippen LogP contribution in [0.15, 0.2) is 0 Å². The van der Waals surface area contributed by atoms with Crippen molar-refractivity contribution in [3.05, 3.63) is 0 Å². The van der Waals surface area contributed by atoms with Crippen LogP contribution in [0.4, 0.5) is 4.79 Å². The molecular formula is C2H2CaO5. The second kappa shape index (κ2) is 15.8. The molecule has 0 aromatic carbocycles. The third-order valence-corrected chi connectivity index (χ3v) is 0. The van der Waals surface area contributed by atoms with Gasteiger partial charge in [-0.2, -0.15) is 0 Å². The Balaban J connectivity index is -0.0000000575. The van der Waals surface area contributed by atoms with E-state index in [9.17, 15) is 0 Å². The Kier molecular flexibility index (Phi) is 30.9. The summed E-state index contributed by atoms with van der Waals surface area (Å²) in [6, 6.07) is 0. The van der Waals surface area contributed by atoms with Crippen LogP contribution in [0, 0.1) is 0 Å². The van der Waals surface area contributed by atoms with Crippen LogP contribution in [0.2, 0.25) is 0 Å². The number of rotatable bonds is 0. The maximum absolute atomic E-state index is 8.36. The summed E-state index contributed by atoms with van der Waals surface area (Å²) in [6.45, 7) is -0.250. The van der Waals surface area contributed by atoms with E-state index >= 15 is 0 Å². The van der Waals surface area contributed by atoms with Crippen LogP contribution in [-0.4, -0.2) is 55.5 Å². The Labute approximate surface area is 74.9 Å². The van der Waals surface area contributed by atoms with E-state index in [0.717, 1.165) is 0 Å². The SMILES string of the molecule is O=C([O-])[O-].O=CO.[Ca+2].